The lowest BCUT2D eigenvalue weighted by Crippen LogP contribution is -2.26. The number of rotatable bonds is 5. The Balaban J connectivity index is 1.64. The largest absolute Gasteiger partial charge is 0.457 e. The number of cyclic esters (lactones) is 1. The average molecular weight is 429 g/mol. The summed E-state index contributed by atoms with van der Waals surface area (Å²) in [6, 6.07) is 13.8. The van der Waals surface area contributed by atoms with E-state index >= 15 is 0 Å². The van der Waals surface area contributed by atoms with Crippen LogP contribution in [0.2, 0.25) is 0 Å². The van der Waals surface area contributed by atoms with Crippen molar-refractivity contribution < 1.29 is 32.2 Å². The van der Waals surface area contributed by atoms with Crippen LogP contribution >= 0.6 is 0 Å². The van der Waals surface area contributed by atoms with Crippen molar-refractivity contribution in [2.24, 2.45) is 0 Å². The molecule has 31 heavy (non-hydrogen) atoms. The van der Waals surface area contributed by atoms with Gasteiger partial charge in [-0.25, -0.2) is 4.79 Å². The van der Waals surface area contributed by atoms with E-state index in [1.54, 1.807) is 36.4 Å². The number of aryl methyl sites for hydroxylation is 1. The molecule has 0 aliphatic carbocycles. The smallest absolute Gasteiger partial charge is 0.417 e. The van der Waals surface area contributed by atoms with Gasteiger partial charge in [0, 0.05) is 11.8 Å². The molecular formula is C23H18F3NO4. The van der Waals surface area contributed by atoms with Gasteiger partial charge in [-0.05, 0) is 47.2 Å². The molecule has 3 aromatic rings. The van der Waals surface area contributed by atoms with E-state index in [1.165, 1.54) is 12.1 Å². The van der Waals surface area contributed by atoms with E-state index < -0.39 is 29.8 Å². The van der Waals surface area contributed by atoms with Crippen molar-refractivity contribution >= 4 is 22.8 Å². The van der Waals surface area contributed by atoms with E-state index in [0.29, 0.717) is 23.3 Å². The first kappa shape index (κ1) is 20.7. The maximum absolute atomic E-state index is 13.3. The Morgan fingerprint density at radius 1 is 1.00 bits per heavy atom. The third-order valence-corrected chi connectivity index (χ3v) is 5.15. The molecule has 1 N–H and O–H groups in total. The fourth-order valence-electron chi connectivity index (χ4n) is 3.66. The van der Waals surface area contributed by atoms with Crippen molar-refractivity contribution in [3.8, 4) is 11.5 Å². The number of alkyl carbamates (subject to hydrolysis) is 1. The van der Waals surface area contributed by atoms with Crippen LogP contribution < -0.4 is 10.1 Å². The highest BCUT2D eigenvalue weighted by atomic mass is 19.4. The highest BCUT2D eigenvalue weighted by Crippen LogP contribution is 2.39. The van der Waals surface area contributed by atoms with Crippen molar-refractivity contribution in [1.82, 2.24) is 5.32 Å². The molecule has 5 nitrogen and oxygen atoms in total. The molecule has 3 aromatic carbocycles. The van der Waals surface area contributed by atoms with Gasteiger partial charge in [0.15, 0.2) is 6.10 Å². The number of benzene rings is 3. The van der Waals surface area contributed by atoms with Gasteiger partial charge in [-0.1, -0.05) is 37.3 Å². The number of hydrogen-bond donors (Lipinski definition) is 1. The zero-order valence-electron chi connectivity index (χ0n) is 16.5. The van der Waals surface area contributed by atoms with Gasteiger partial charge in [-0.2, -0.15) is 13.2 Å². The summed E-state index contributed by atoms with van der Waals surface area (Å²) in [5.74, 6) is 0.282. The lowest BCUT2D eigenvalue weighted by Gasteiger charge is -2.16. The average Bonchev–Trinajstić information content (AvgIpc) is 3.05. The molecule has 8 heteroatoms. The second-order valence-corrected chi connectivity index (χ2v) is 7.13. The summed E-state index contributed by atoms with van der Waals surface area (Å²) in [4.78, 5) is 23.0. The molecule has 0 radical (unpaired) electrons. The molecule has 1 fully saturated rings. The highest BCUT2D eigenvalue weighted by molar-refractivity contribution is 6.00. The third kappa shape index (κ3) is 4.19. The second kappa shape index (κ2) is 7.94. The van der Waals surface area contributed by atoms with Gasteiger partial charge >= 0.3 is 12.3 Å². The summed E-state index contributed by atoms with van der Waals surface area (Å²) in [5.41, 5.74) is 0.982. The number of carbonyl (C=O) groups is 2. The summed E-state index contributed by atoms with van der Waals surface area (Å²) in [6.07, 6.45) is -5.26. The number of ether oxygens (including phenoxy) is 2. The molecule has 4 rings (SSSR count). The van der Waals surface area contributed by atoms with Crippen molar-refractivity contribution in [1.29, 1.82) is 0 Å². The maximum Gasteiger partial charge on any atom is 0.417 e. The molecular weight excluding hydrogens is 411 g/mol. The lowest BCUT2D eigenvalue weighted by molar-refractivity contribution is -0.136. The predicted octanol–water partition coefficient (Wildman–Crippen LogP) is 5.39. The molecule has 1 unspecified atom stereocenters. The minimum Gasteiger partial charge on any atom is -0.457 e. The number of hydrogen-bond acceptors (Lipinski definition) is 4. The van der Waals surface area contributed by atoms with Gasteiger partial charge in [0.2, 0.25) is 0 Å². The van der Waals surface area contributed by atoms with Crippen molar-refractivity contribution in [3.63, 3.8) is 0 Å². The maximum atomic E-state index is 13.3. The van der Waals surface area contributed by atoms with E-state index in [-0.39, 0.29) is 11.8 Å². The summed E-state index contributed by atoms with van der Waals surface area (Å²) in [7, 11) is 0. The number of alkyl halides is 3. The molecule has 1 atom stereocenters. The third-order valence-electron chi connectivity index (χ3n) is 5.15. The Labute approximate surface area is 175 Å². The van der Waals surface area contributed by atoms with Crippen molar-refractivity contribution in [2.45, 2.75) is 32.0 Å². The molecule has 0 aromatic heterocycles. The molecule has 2 amide bonds. The monoisotopic (exact) mass is 429 g/mol. The van der Waals surface area contributed by atoms with Gasteiger partial charge in [-0.15, -0.1) is 0 Å². The van der Waals surface area contributed by atoms with Gasteiger partial charge in [0.05, 0.1) is 5.56 Å². The first-order valence-electron chi connectivity index (χ1n) is 9.66. The zero-order chi connectivity index (χ0) is 22.2. The highest BCUT2D eigenvalue weighted by Gasteiger charge is 2.33. The first-order chi connectivity index (χ1) is 14.8. The van der Waals surface area contributed by atoms with Crippen LogP contribution in [-0.2, 0) is 28.5 Å². The molecule has 0 saturated carbocycles. The van der Waals surface area contributed by atoms with Crippen LogP contribution in [0.4, 0.5) is 18.0 Å². The van der Waals surface area contributed by atoms with E-state index in [4.69, 9.17) is 9.47 Å². The number of halogens is 3. The van der Waals surface area contributed by atoms with E-state index in [0.717, 1.165) is 17.2 Å². The normalized spacial score (nSPS) is 16.3. The van der Waals surface area contributed by atoms with Gasteiger partial charge in [0.1, 0.15) is 11.5 Å². The number of carbonyl (C=O) groups excluding carboxylic acids is 2. The summed E-state index contributed by atoms with van der Waals surface area (Å²) < 4.78 is 50.9. The fourth-order valence-corrected chi connectivity index (χ4v) is 3.66. The Hall–Kier alpha value is -3.55. The van der Waals surface area contributed by atoms with Gasteiger partial charge < -0.3 is 9.47 Å². The molecule has 0 spiro atoms. The fraction of sp³-hybridized carbons (Fsp3) is 0.217. The molecule has 1 aliphatic rings. The van der Waals surface area contributed by atoms with Crippen LogP contribution in [0.5, 0.6) is 11.5 Å². The summed E-state index contributed by atoms with van der Waals surface area (Å²) >= 11 is 0. The standard InChI is InChI=1S/C23H18F3NO4/c1-2-13-11-15(8-7-14(13)12-20-21(28)27-22(29)31-20)30-19-10-9-18(23(24,25)26)16-5-3-4-6-17(16)19/h3-11,20H,2,12H2,1H3,(H,27,28,29). The Morgan fingerprint density at radius 2 is 1.74 bits per heavy atom. The number of fused-ring (bicyclic) bond motifs is 1. The predicted molar refractivity (Wildman–Crippen MR) is 107 cm³/mol. The van der Waals surface area contributed by atoms with Crippen LogP contribution in [0.25, 0.3) is 10.8 Å². The van der Waals surface area contributed by atoms with Crippen LogP contribution in [0.1, 0.15) is 23.6 Å². The molecule has 1 aliphatic heterocycles. The number of amides is 2. The topological polar surface area (TPSA) is 64.6 Å². The van der Waals surface area contributed by atoms with Crippen LogP contribution in [0, 0.1) is 0 Å². The Bertz CT molecular complexity index is 1170. The van der Waals surface area contributed by atoms with Crippen LogP contribution in [0.15, 0.2) is 54.6 Å². The summed E-state index contributed by atoms with van der Waals surface area (Å²) in [5, 5.41) is 2.52. The van der Waals surface area contributed by atoms with Gasteiger partial charge in [-0.3, -0.25) is 10.1 Å². The zero-order valence-corrected chi connectivity index (χ0v) is 16.5. The van der Waals surface area contributed by atoms with E-state index in [1.807, 2.05) is 6.92 Å². The van der Waals surface area contributed by atoms with Crippen molar-refractivity contribution in [2.75, 3.05) is 0 Å². The molecule has 0 bridgehead atoms. The molecule has 160 valence electrons. The minimum atomic E-state index is -4.47. The van der Waals surface area contributed by atoms with E-state index in [9.17, 15) is 22.8 Å². The van der Waals surface area contributed by atoms with Crippen LogP contribution in [-0.4, -0.2) is 18.1 Å². The Kier molecular flexibility index (Phi) is 5.31. The quantitative estimate of drug-likeness (QED) is 0.591. The van der Waals surface area contributed by atoms with E-state index in [2.05, 4.69) is 5.32 Å². The summed E-state index contributed by atoms with van der Waals surface area (Å²) in [6.45, 7) is 1.93. The van der Waals surface area contributed by atoms with Crippen molar-refractivity contribution in [3.05, 3.63) is 71.3 Å². The van der Waals surface area contributed by atoms with Crippen LogP contribution in [0.3, 0.4) is 0 Å². The Morgan fingerprint density at radius 3 is 2.39 bits per heavy atom. The number of nitrogens with one attached hydrogen (secondary N) is 1. The van der Waals surface area contributed by atoms with Gasteiger partial charge in [0.25, 0.3) is 5.91 Å². The SMILES string of the molecule is CCc1cc(Oc2ccc(C(F)(F)F)c3ccccc23)ccc1CC1OC(=O)NC1=O. The first-order valence-corrected chi connectivity index (χ1v) is 9.66. The molecule has 1 saturated heterocycles. The molecule has 1 heterocycles. The minimum absolute atomic E-state index is 0.0638. The number of imide groups is 1. The second-order valence-electron chi connectivity index (χ2n) is 7.13. The lowest BCUT2D eigenvalue weighted by atomic mass is 9.99.